The number of benzene rings is 1. The Morgan fingerprint density at radius 2 is 2.18 bits per heavy atom. The molecule has 7 heteroatoms. The molecule has 1 fully saturated rings. The number of rotatable bonds is 6. The fourth-order valence-electron chi connectivity index (χ4n) is 2.46. The predicted octanol–water partition coefficient (Wildman–Crippen LogP) is 1.28. The Labute approximate surface area is 131 Å². The van der Waals surface area contributed by atoms with Crippen LogP contribution in [0.4, 0.5) is 0 Å². The normalized spacial score (nSPS) is 22.2. The number of carbonyl (C=O) groups excluding carboxylic acids is 1. The Kier molecular flexibility index (Phi) is 4.89. The number of sulfonamides is 1. The number of nitrogens with zero attached hydrogens (tertiary/aromatic N) is 1. The first-order chi connectivity index (χ1) is 10.3. The Bertz CT molecular complexity index is 659. The van der Waals surface area contributed by atoms with Gasteiger partial charge in [-0.1, -0.05) is 12.1 Å². The van der Waals surface area contributed by atoms with Crippen LogP contribution in [-0.2, 0) is 19.6 Å². The molecule has 1 aromatic carbocycles. The molecule has 0 bridgehead atoms. The lowest BCUT2D eigenvalue weighted by atomic mass is 10.1. The van der Waals surface area contributed by atoms with Gasteiger partial charge in [-0.25, -0.2) is 13.6 Å². The largest absolute Gasteiger partial charge is 0.378 e. The van der Waals surface area contributed by atoms with Crippen LogP contribution in [0, 0.1) is 5.92 Å². The molecule has 1 aromatic rings. The van der Waals surface area contributed by atoms with Gasteiger partial charge in [0.15, 0.2) is 0 Å². The summed E-state index contributed by atoms with van der Waals surface area (Å²) in [4.78, 5) is 14.1. The summed E-state index contributed by atoms with van der Waals surface area (Å²) < 4.78 is 28.3. The van der Waals surface area contributed by atoms with E-state index in [0.29, 0.717) is 6.61 Å². The molecule has 0 radical (unpaired) electrons. The van der Waals surface area contributed by atoms with E-state index < -0.39 is 10.0 Å². The lowest BCUT2D eigenvalue weighted by Crippen LogP contribution is -2.32. The zero-order chi connectivity index (χ0) is 16.5. The van der Waals surface area contributed by atoms with Gasteiger partial charge in [-0.2, -0.15) is 0 Å². The molecule has 0 saturated heterocycles. The van der Waals surface area contributed by atoms with Crippen LogP contribution in [0.1, 0.15) is 31.9 Å². The summed E-state index contributed by atoms with van der Waals surface area (Å²) in [5.41, 5.74) is 0.732. The van der Waals surface area contributed by atoms with Gasteiger partial charge < -0.3 is 9.64 Å². The van der Waals surface area contributed by atoms with Crippen LogP contribution in [0.5, 0.6) is 0 Å². The number of ether oxygens (including phenoxy) is 1. The van der Waals surface area contributed by atoms with Gasteiger partial charge in [0, 0.05) is 13.7 Å². The zero-order valence-corrected chi connectivity index (χ0v) is 13.8. The van der Waals surface area contributed by atoms with Crippen molar-refractivity contribution in [2.45, 2.75) is 37.3 Å². The van der Waals surface area contributed by atoms with Gasteiger partial charge in [0.05, 0.1) is 23.0 Å². The lowest BCUT2D eigenvalue weighted by molar-refractivity contribution is -0.134. The summed E-state index contributed by atoms with van der Waals surface area (Å²) >= 11 is 0. The molecule has 3 atom stereocenters. The second-order valence-electron chi connectivity index (χ2n) is 5.58. The van der Waals surface area contributed by atoms with E-state index >= 15 is 0 Å². The summed E-state index contributed by atoms with van der Waals surface area (Å²) in [6.45, 7) is 4.37. The van der Waals surface area contributed by atoms with Crippen molar-refractivity contribution in [3.05, 3.63) is 29.8 Å². The third-order valence-corrected chi connectivity index (χ3v) is 4.94. The summed E-state index contributed by atoms with van der Waals surface area (Å²) in [5, 5.41) is 5.15. The van der Waals surface area contributed by atoms with Crippen molar-refractivity contribution in [2.24, 2.45) is 11.1 Å². The molecule has 22 heavy (non-hydrogen) atoms. The quantitative estimate of drug-likeness (QED) is 0.852. The van der Waals surface area contributed by atoms with Crippen LogP contribution in [0.3, 0.4) is 0 Å². The molecule has 1 saturated carbocycles. The van der Waals surface area contributed by atoms with Crippen LogP contribution >= 0.6 is 0 Å². The van der Waals surface area contributed by atoms with Crippen molar-refractivity contribution < 1.29 is 17.9 Å². The van der Waals surface area contributed by atoms with E-state index in [4.69, 9.17) is 9.88 Å². The van der Waals surface area contributed by atoms with Crippen molar-refractivity contribution in [1.29, 1.82) is 0 Å². The molecule has 0 spiro atoms. The molecule has 0 aromatic heterocycles. The minimum absolute atomic E-state index is 0.0166. The molecule has 1 aliphatic carbocycles. The number of amides is 1. The molecular weight excluding hydrogens is 304 g/mol. The summed E-state index contributed by atoms with van der Waals surface area (Å²) in [5.74, 6) is -0.0687. The molecular formula is C15H22N2O4S. The van der Waals surface area contributed by atoms with E-state index in [-0.39, 0.29) is 28.9 Å². The Balaban J connectivity index is 2.11. The molecule has 2 N–H and O–H groups in total. The van der Waals surface area contributed by atoms with Crippen molar-refractivity contribution in [2.75, 3.05) is 13.7 Å². The van der Waals surface area contributed by atoms with E-state index in [1.54, 1.807) is 24.1 Å². The Morgan fingerprint density at radius 1 is 1.50 bits per heavy atom. The van der Waals surface area contributed by atoms with Gasteiger partial charge in [-0.05, 0) is 38.0 Å². The minimum atomic E-state index is -3.75. The first-order valence-corrected chi connectivity index (χ1v) is 8.81. The number of nitrogens with two attached hydrogens (primary N) is 1. The van der Waals surface area contributed by atoms with Crippen LogP contribution < -0.4 is 5.14 Å². The van der Waals surface area contributed by atoms with Gasteiger partial charge in [0.25, 0.3) is 0 Å². The molecule has 1 aliphatic rings. The maximum atomic E-state index is 12.4. The lowest BCUT2D eigenvalue weighted by Gasteiger charge is -2.26. The Morgan fingerprint density at radius 3 is 2.77 bits per heavy atom. The topological polar surface area (TPSA) is 89.7 Å². The number of hydrogen-bond donors (Lipinski definition) is 1. The van der Waals surface area contributed by atoms with E-state index in [1.807, 2.05) is 13.8 Å². The smallest absolute Gasteiger partial charge is 0.238 e. The highest BCUT2D eigenvalue weighted by Gasteiger charge is 2.45. The number of carbonyl (C=O) groups is 1. The van der Waals surface area contributed by atoms with E-state index in [9.17, 15) is 13.2 Å². The van der Waals surface area contributed by atoms with E-state index in [1.165, 1.54) is 12.1 Å². The van der Waals surface area contributed by atoms with Gasteiger partial charge in [-0.3, -0.25) is 4.79 Å². The Hall–Kier alpha value is -1.44. The highest BCUT2D eigenvalue weighted by atomic mass is 32.2. The van der Waals surface area contributed by atoms with Crippen LogP contribution in [0.15, 0.2) is 29.2 Å². The highest BCUT2D eigenvalue weighted by Crippen LogP contribution is 2.37. The van der Waals surface area contributed by atoms with Crippen LogP contribution in [0.2, 0.25) is 0 Å². The van der Waals surface area contributed by atoms with E-state index in [0.717, 1.165) is 12.0 Å². The molecule has 1 amide bonds. The van der Waals surface area contributed by atoms with Gasteiger partial charge in [0.2, 0.25) is 15.9 Å². The zero-order valence-electron chi connectivity index (χ0n) is 13.0. The third kappa shape index (κ3) is 3.66. The second kappa shape index (κ2) is 6.36. The van der Waals surface area contributed by atoms with Gasteiger partial charge in [0.1, 0.15) is 0 Å². The summed E-state index contributed by atoms with van der Waals surface area (Å²) in [6, 6.07) is 6.13. The number of primary sulfonamides is 1. The SMILES string of the molecule is CCO[C@@H]1C[C@H]1C(=O)N(C)[C@@H](C)c1cccc(S(N)(=O)=O)c1. The summed E-state index contributed by atoms with van der Waals surface area (Å²) in [6.07, 6.45) is 0.768. The molecule has 6 nitrogen and oxygen atoms in total. The minimum Gasteiger partial charge on any atom is -0.378 e. The molecule has 0 aliphatic heterocycles. The molecule has 0 unspecified atom stereocenters. The first-order valence-electron chi connectivity index (χ1n) is 7.26. The van der Waals surface area contributed by atoms with Crippen molar-refractivity contribution in [3.63, 3.8) is 0 Å². The van der Waals surface area contributed by atoms with Crippen molar-refractivity contribution >= 4 is 15.9 Å². The standard InChI is InChI=1S/C15H22N2O4S/c1-4-21-14-9-13(14)15(18)17(3)10(2)11-6-5-7-12(8-11)22(16,19)20/h5-8,10,13-14H,4,9H2,1-3H3,(H2,16,19,20)/t10-,13+,14+/m0/s1. The van der Waals surface area contributed by atoms with Gasteiger partial charge in [-0.15, -0.1) is 0 Å². The second-order valence-corrected chi connectivity index (χ2v) is 7.14. The third-order valence-electron chi connectivity index (χ3n) is 4.03. The predicted molar refractivity (Wildman–Crippen MR) is 82.5 cm³/mol. The first kappa shape index (κ1) is 16.9. The molecule has 0 heterocycles. The maximum Gasteiger partial charge on any atom is 0.238 e. The van der Waals surface area contributed by atoms with Gasteiger partial charge >= 0.3 is 0 Å². The fourth-order valence-corrected chi connectivity index (χ4v) is 3.03. The van der Waals surface area contributed by atoms with Crippen molar-refractivity contribution in [3.8, 4) is 0 Å². The average molecular weight is 326 g/mol. The fraction of sp³-hybridized carbons (Fsp3) is 0.533. The maximum absolute atomic E-state index is 12.4. The van der Waals surface area contributed by atoms with Crippen LogP contribution in [-0.4, -0.2) is 39.0 Å². The van der Waals surface area contributed by atoms with E-state index in [2.05, 4.69) is 0 Å². The van der Waals surface area contributed by atoms with Crippen LogP contribution in [0.25, 0.3) is 0 Å². The monoisotopic (exact) mass is 326 g/mol. The number of hydrogen-bond acceptors (Lipinski definition) is 4. The average Bonchev–Trinajstić information content (AvgIpc) is 3.24. The summed E-state index contributed by atoms with van der Waals surface area (Å²) in [7, 11) is -2.03. The molecule has 2 rings (SSSR count). The highest BCUT2D eigenvalue weighted by molar-refractivity contribution is 7.89. The van der Waals surface area contributed by atoms with Crippen molar-refractivity contribution in [1.82, 2.24) is 4.90 Å². The molecule has 122 valence electrons.